The van der Waals surface area contributed by atoms with E-state index in [-0.39, 0.29) is 29.9 Å². The number of amides is 2. The number of H-pyrrole nitrogens is 1. The molecule has 0 unspecified atom stereocenters. The Morgan fingerprint density at radius 2 is 1.86 bits per heavy atom. The summed E-state index contributed by atoms with van der Waals surface area (Å²) in [7, 11) is 0. The molecule has 144 valence electrons. The van der Waals surface area contributed by atoms with Crippen LogP contribution in [0.15, 0.2) is 42.5 Å². The van der Waals surface area contributed by atoms with E-state index in [4.69, 9.17) is 0 Å². The van der Waals surface area contributed by atoms with Crippen LogP contribution in [0.25, 0.3) is 22.2 Å². The molecule has 0 saturated carbocycles. The number of benzene rings is 2. The van der Waals surface area contributed by atoms with Gasteiger partial charge in [0.2, 0.25) is 11.8 Å². The van der Waals surface area contributed by atoms with E-state index in [1.807, 2.05) is 0 Å². The summed E-state index contributed by atoms with van der Waals surface area (Å²) in [5.74, 6) is -1.13. The summed E-state index contributed by atoms with van der Waals surface area (Å²) in [6.07, 6.45) is 1.08. The molecule has 5 nitrogen and oxygen atoms in total. The van der Waals surface area contributed by atoms with E-state index in [0.717, 1.165) is 22.3 Å². The van der Waals surface area contributed by atoms with Crippen LogP contribution in [0.1, 0.15) is 18.4 Å². The van der Waals surface area contributed by atoms with Crippen LogP contribution in [0.3, 0.4) is 0 Å². The second-order valence-corrected chi connectivity index (χ2v) is 6.88. The normalized spacial score (nSPS) is 16.4. The largest absolute Gasteiger partial charge is 0.354 e. The lowest BCUT2D eigenvalue weighted by Gasteiger charge is -2.10. The fraction of sp³-hybridized carbons (Fsp3) is 0.238. The van der Waals surface area contributed by atoms with Crippen molar-refractivity contribution in [1.82, 2.24) is 15.6 Å². The predicted molar refractivity (Wildman–Crippen MR) is 102 cm³/mol. The number of hydrogen-bond acceptors (Lipinski definition) is 2. The third kappa shape index (κ3) is 3.60. The van der Waals surface area contributed by atoms with Crippen LogP contribution in [0.2, 0.25) is 0 Å². The lowest BCUT2D eigenvalue weighted by Crippen LogP contribution is -2.40. The Morgan fingerprint density at radius 3 is 2.57 bits per heavy atom. The van der Waals surface area contributed by atoms with Crippen molar-refractivity contribution in [2.24, 2.45) is 0 Å². The molecule has 1 atom stereocenters. The van der Waals surface area contributed by atoms with Gasteiger partial charge in [-0.25, -0.2) is 8.78 Å². The smallest absolute Gasteiger partial charge is 0.242 e. The minimum Gasteiger partial charge on any atom is -0.354 e. The number of hydrogen-bond donors (Lipinski definition) is 3. The fourth-order valence-electron chi connectivity index (χ4n) is 3.58. The SMILES string of the molecule is O=C(CCc1c(-c2ccc(F)cc2)[nH]c2ccc(F)cc12)N[C@@H]1CCNC1=O. The van der Waals surface area contributed by atoms with Gasteiger partial charge in [0.1, 0.15) is 17.7 Å². The van der Waals surface area contributed by atoms with Gasteiger partial charge in [0, 0.05) is 29.6 Å². The van der Waals surface area contributed by atoms with Gasteiger partial charge in [-0.05, 0) is 66.4 Å². The second-order valence-electron chi connectivity index (χ2n) is 6.88. The first-order chi connectivity index (χ1) is 13.5. The van der Waals surface area contributed by atoms with E-state index in [1.54, 1.807) is 18.2 Å². The van der Waals surface area contributed by atoms with Gasteiger partial charge in [-0.2, -0.15) is 0 Å². The van der Waals surface area contributed by atoms with Crippen molar-refractivity contribution in [1.29, 1.82) is 0 Å². The number of fused-ring (bicyclic) bond motifs is 1. The zero-order chi connectivity index (χ0) is 19.7. The summed E-state index contributed by atoms with van der Waals surface area (Å²) in [4.78, 5) is 27.2. The Morgan fingerprint density at radius 1 is 1.11 bits per heavy atom. The molecule has 2 amide bonds. The number of aryl methyl sites for hydroxylation is 1. The quantitative estimate of drug-likeness (QED) is 0.634. The maximum atomic E-state index is 13.8. The second kappa shape index (κ2) is 7.42. The summed E-state index contributed by atoms with van der Waals surface area (Å²) >= 11 is 0. The summed E-state index contributed by atoms with van der Waals surface area (Å²) in [6, 6.07) is 9.94. The van der Waals surface area contributed by atoms with Gasteiger partial charge >= 0.3 is 0 Å². The van der Waals surface area contributed by atoms with Crippen molar-refractivity contribution < 1.29 is 18.4 Å². The summed E-state index contributed by atoms with van der Waals surface area (Å²) < 4.78 is 27.1. The maximum absolute atomic E-state index is 13.8. The number of carbonyl (C=O) groups excluding carboxylic acids is 2. The minimum absolute atomic E-state index is 0.154. The molecule has 0 spiro atoms. The Kier molecular flexibility index (Phi) is 4.81. The lowest BCUT2D eigenvalue weighted by molar-refractivity contribution is -0.127. The van der Waals surface area contributed by atoms with Gasteiger partial charge in [-0.1, -0.05) is 0 Å². The number of aromatic amines is 1. The Hall–Kier alpha value is -3.22. The molecule has 2 aromatic carbocycles. The third-order valence-electron chi connectivity index (χ3n) is 4.99. The predicted octanol–water partition coefficient (Wildman–Crippen LogP) is 3.05. The van der Waals surface area contributed by atoms with Gasteiger partial charge in [-0.3, -0.25) is 9.59 Å². The van der Waals surface area contributed by atoms with Crippen LogP contribution >= 0.6 is 0 Å². The van der Waals surface area contributed by atoms with E-state index < -0.39 is 6.04 Å². The van der Waals surface area contributed by atoms with Crippen LogP contribution in [0.5, 0.6) is 0 Å². The van der Waals surface area contributed by atoms with Crippen molar-refractivity contribution in [2.45, 2.75) is 25.3 Å². The zero-order valence-corrected chi connectivity index (χ0v) is 15.0. The molecule has 1 saturated heterocycles. The molecule has 3 aromatic rings. The molecule has 1 aliphatic heterocycles. The first-order valence-electron chi connectivity index (χ1n) is 9.14. The molecule has 1 aliphatic rings. The monoisotopic (exact) mass is 383 g/mol. The number of aromatic nitrogens is 1. The average molecular weight is 383 g/mol. The zero-order valence-electron chi connectivity index (χ0n) is 15.0. The van der Waals surface area contributed by atoms with Crippen LogP contribution < -0.4 is 10.6 Å². The van der Waals surface area contributed by atoms with Gasteiger partial charge in [0.25, 0.3) is 0 Å². The molecule has 0 aliphatic carbocycles. The Balaban J connectivity index is 1.61. The first-order valence-corrected chi connectivity index (χ1v) is 9.14. The highest BCUT2D eigenvalue weighted by Crippen LogP contribution is 2.32. The number of nitrogens with one attached hydrogen (secondary N) is 3. The Labute approximate surface area is 160 Å². The molecule has 1 fully saturated rings. The highest BCUT2D eigenvalue weighted by atomic mass is 19.1. The molecule has 3 N–H and O–H groups in total. The molecular formula is C21H19F2N3O2. The van der Waals surface area contributed by atoms with E-state index in [2.05, 4.69) is 15.6 Å². The Bertz CT molecular complexity index is 1040. The third-order valence-corrected chi connectivity index (χ3v) is 4.99. The van der Waals surface area contributed by atoms with Gasteiger partial charge in [-0.15, -0.1) is 0 Å². The van der Waals surface area contributed by atoms with Crippen molar-refractivity contribution in [3.05, 3.63) is 59.7 Å². The highest BCUT2D eigenvalue weighted by Gasteiger charge is 2.25. The first kappa shape index (κ1) is 18.2. The topological polar surface area (TPSA) is 74.0 Å². The van der Waals surface area contributed by atoms with Gasteiger partial charge < -0.3 is 15.6 Å². The summed E-state index contributed by atoms with van der Waals surface area (Å²) in [5.41, 5.74) is 3.01. The van der Waals surface area contributed by atoms with Crippen LogP contribution in [-0.4, -0.2) is 29.4 Å². The lowest BCUT2D eigenvalue weighted by atomic mass is 10.0. The van der Waals surface area contributed by atoms with Crippen molar-refractivity contribution in [3.63, 3.8) is 0 Å². The number of carbonyl (C=O) groups is 2. The fourth-order valence-corrected chi connectivity index (χ4v) is 3.58. The molecule has 2 heterocycles. The molecule has 28 heavy (non-hydrogen) atoms. The van der Waals surface area contributed by atoms with E-state index >= 15 is 0 Å². The number of rotatable bonds is 5. The van der Waals surface area contributed by atoms with E-state index in [1.165, 1.54) is 24.3 Å². The van der Waals surface area contributed by atoms with Crippen LogP contribution in [-0.2, 0) is 16.0 Å². The molecule has 0 radical (unpaired) electrons. The molecule has 7 heteroatoms. The van der Waals surface area contributed by atoms with E-state index in [0.29, 0.717) is 24.8 Å². The van der Waals surface area contributed by atoms with E-state index in [9.17, 15) is 18.4 Å². The van der Waals surface area contributed by atoms with Crippen molar-refractivity contribution in [2.75, 3.05) is 6.54 Å². The number of halogens is 2. The van der Waals surface area contributed by atoms with Crippen LogP contribution in [0.4, 0.5) is 8.78 Å². The van der Waals surface area contributed by atoms with Crippen LogP contribution in [0, 0.1) is 11.6 Å². The van der Waals surface area contributed by atoms with Crippen molar-refractivity contribution >= 4 is 22.7 Å². The minimum atomic E-state index is -0.496. The van der Waals surface area contributed by atoms with Gasteiger partial charge in [0.15, 0.2) is 0 Å². The summed E-state index contributed by atoms with van der Waals surface area (Å²) in [6.45, 7) is 0.556. The standard InChI is InChI=1S/C21H19F2N3O2/c22-13-3-1-12(2-4-13)20-15(16-11-14(23)5-7-17(16)26-20)6-8-19(27)25-18-9-10-24-21(18)28/h1-5,7,11,18,26H,6,8-10H2,(H,24,28)(H,25,27)/t18-/m1/s1. The molecule has 4 rings (SSSR count). The average Bonchev–Trinajstić information content (AvgIpc) is 3.24. The summed E-state index contributed by atoms with van der Waals surface area (Å²) in [5, 5.41) is 6.10. The molecular weight excluding hydrogens is 364 g/mol. The molecule has 1 aromatic heterocycles. The highest BCUT2D eigenvalue weighted by molar-refractivity contribution is 5.92. The maximum Gasteiger partial charge on any atom is 0.242 e. The van der Waals surface area contributed by atoms with Crippen molar-refractivity contribution in [3.8, 4) is 11.3 Å². The van der Waals surface area contributed by atoms with Gasteiger partial charge in [0.05, 0.1) is 0 Å². The molecule has 0 bridgehead atoms.